The number of fused-ring (bicyclic) bond motifs is 3. The van der Waals surface area contributed by atoms with Crippen LogP contribution in [-0.2, 0) is 0 Å². The zero-order valence-electron chi connectivity index (χ0n) is 22.7. The maximum atomic E-state index is 6.31. The van der Waals surface area contributed by atoms with Crippen LogP contribution in [0, 0.1) is 0 Å². The van der Waals surface area contributed by atoms with Gasteiger partial charge in [0.05, 0.1) is 5.69 Å². The molecule has 4 heteroatoms. The van der Waals surface area contributed by atoms with Gasteiger partial charge in [0.2, 0.25) is 0 Å². The molecule has 8 rings (SSSR count). The van der Waals surface area contributed by atoms with Crippen molar-refractivity contribution < 1.29 is 4.42 Å². The average molecular weight is 540 g/mol. The molecule has 0 bridgehead atoms. The summed E-state index contributed by atoms with van der Waals surface area (Å²) in [6.07, 6.45) is 0. The molecule has 2 aromatic heterocycles. The lowest BCUT2D eigenvalue weighted by molar-refractivity contribution is 0.670. The Kier molecular flexibility index (Phi) is 5.75. The Morgan fingerprint density at radius 2 is 0.929 bits per heavy atom. The Morgan fingerprint density at radius 3 is 1.69 bits per heavy atom. The Bertz CT molecular complexity index is 2180. The molecule has 0 aliphatic carbocycles. The molecule has 0 spiro atoms. The van der Waals surface area contributed by atoms with Crippen molar-refractivity contribution in [2.45, 2.75) is 0 Å². The first-order valence-corrected chi connectivity index (χ1v) is 14.0. The van der Waals surface area contributed by atoms with Gasteiger partial charge in [-0.05, 0) is 23.3 Å². The van der Waals surface area contributed by atoms with Crippen molar-refractivity contribution in [3.63, 3.8) is 0 Å². The molecule has 0 amide bonds. The van der Waals surface area contributed by atoms with Crippen molar-refractivity contribution in [2.24, 2.45) is 0 Å². The van der Waals surface area contributed by atoms with Gasteiger partial charge in [0.15, 0.2) is 11.6 Å². The van der Waals surface area contributed by atoms with Crippen LogP contribution in [0.4, 0.5) is 0 Å². The van der Waals surface area contributed by atoms with Crippen LogP contribution < -0.4 is 0 Å². The smallest absolute Gasteiger partial charge is 0.168 e. The molecule has 0 unspecified atom stereocenters. The predicted octanol–water partition coefficient (Wildman–Crippen LogP) is 9.83. The van der Waals surface area contributed by atoms with E-state index in [2.05, 4.69) is 120 Å². The summed E-state index contributed by atoms with van der Waals surface area (Å²) in [7, 11) is 0. The van der Waals surface area contributed by atoms with Crippen LogP contribution in [0.15, 0.2) is 156 Å². The average Bonchev–Trinajstić information content (AvgIpc) is 3.68. The van der Waals surface area contributed by atoms with E-state index in [1.807, 2.05) is 36.4 Å². The van der Waals surface area contributed by atoms with Crippen molar-refractivity contribution in [1.82, 2.24) is 14.8 Å². The fraction of sp³-hybridized carbons (Fsp3) is 0. The highest BCUT2D eigenvalue weighted by Crippen LogP contribution is 2.38. The van der Waals surface area contributed by atoms with Gasteiger partial charge in [0.25, 0.3) is 0 Å². The fourth-order valence-electron chi connectivity index (χ4n) is 5.78. The number of nitrogens with zero attached hydrogens (tertiary/aromatic N) is 3. The van der Waals surface area contributed by atoms with Gasteiger partial charge in [-0.15, -0.1) is 10.2 Å². The van der Waals surface area contributed by atoms with Crippen LogP contribution in [0.3, 0.4) is 0 Å². The molecule has 0 saturated carbocycles. The van der Waals surface area contributed by atoms with Crippen LogP contribution in [-0.4, -0.2) is 14.8 Å². The molecule has 0 aliphatic heterocycles. The second-order valence-corrected chi connectivity index (χ2v) is 10.3. The van der Waals surface area contributed by atoms with Crippen molar-refractivity contribution in [1.29, 1.82) is 0 Å². The van der Waals surface area contributed by atoms with Crippen molar-refractivity contribution in [2.75, 3.05) is 0 Å². The molecule has 0 radical (unpaired) electrons. The van der Waals surface area contributed by atoms with Crippen molar-refractivity contribution in [3.05, 3.63) is 152 Å². The normalized spacial score (nSPS) is 11.3. The summed E-state index contributed by atoms with van der Waals surface area (Å²) in [4.78, 5) is 0. The molecule has 4 nitrogen and oxygen atoms in total. The monoisotopic (exact) mass is 539 g/mol. The third-order valence-electron chi connectivity index (χ3n) is 7.78. The molecular weight excluding hydrogens is 514 g/mol. The molecule has 8 aromatic rings. The third kappa shape index (κ3) is 4.01. The summed E-state index contributed by atoms with van der Waals surface area (Å²) in [6.45, 7) is 0. The molecule has 2 heterocycles. The largest absolute Gasteiger partial charge is 0.455 e. The Balaban J connectivity index is 1.28. The highest BCUT2D eigenvalue weighted by Gasteiger charge is 2.20. The lowest BCUT2D eigenvalue weighted by atomic mass is 10.0. The molecule has 0 saturated heterocycles. The van der Waals surface area contributed by atoms with Gasteiger partial charge in [-0.2, -0.15) is 0 Å². The summed E-state index contributed by atoms with van der Waals surface area (Å²) in [5, 5.41) is 11.7. The molecule has 0 aliphatic rings. The van der Waals surface area contributed by atoms with E-state index in [1.165, 1.54) is 0 Å². The van der Waals surface area contributed by atoms with Gasteiger partial charge in [0.1, 0.15) is 11.2 Å². The highest BCUT2D eigenvalue weighted by molar-refractivity contribution is 6.09. The minimum absolute atomic E-state index is 0.783. The van der Waals surface area contributed by atoms with E-state index in [9.17, 15) is 0 Å². The standard InChI is InChI=1S/C38H25N3O/c1-3-12-26(13-4-1)30-16-7-9-20-34(30)41-37(28-14-5-2-6-15-28)39-40-38(41)29-24-22-27(23-25-29)31-18-11-19-33-32-17-8-10-21-35(32)42-36(31)33/h1-25H. The summed E-state index contributed by atoms with van der Waals surface area (Å²) >= 11 is 0. The quantitative estimate of drug-likeness (QED) is 0.219. The first kappa shape index (κ1) is 24.1. The zero-order valence-corrected chi connectivity index (χ0v) is 22.7. The number of aromatic nitrogens is 3. The first-order valence-electron chi connectivity index (χ1n) is 14.0. The zero-order chi connectivity index (χ0) is 27.9. The number of para-hydroxylation sites is 3. The lowest BCUT2D eigenvalue weighted by Gasteiger charge is -2.16. The number of hydrogen-bond acceptors (Lipinski definition) is 3. The van der Waals surface area contributed by atoms with Crippen LogP contribution in [0.25, 0.3) is 72.7 Å². The van der Waals surface area contributed by atoms with E-state index in [0.717, 1.165) is 72.7 Å². The lowest BCUT2D eigenvalue weighted by Crippen LogP contribution is -2.02. The fourth-order valence-corrected chi connectivity index (χ4v) is 5.78. The van der Waals surface area contributed by atoms with E-state index >= 15 is 0 Å². The van der Waals surface area contributed by atoms with E-state index < -0.39 is 0 Å². The maximum absolute atomic E-state index is 6.31. The molecule has 42 heavy (non-hydrogen) atoms. The number of rotatable bonds is 5. The number of hydrogen-bond donors (Lipinski definition) is 0. The van der Waals surface area contributed by atoms with Gasteiger partial charge >= 0.3 is 0 Å². The topological polar surface area (TPSA) is 43.9 Å². The van der Waals surface area contributed by atoms with E-state index in [-0.39, 0.29) is 0 Å². The van der Waals surface area contributed by atoms with Crippen LogP contribution in [0.1, 0.15) is 0 Å². The van der Waals surface area contributed by atoms with Crippen molar-refractivity contribution in [3.8, 4) is 50.7 Å². The van der Waals surface area contributed by atoms with Gasteiger partial charge < -0.3 is 4.42 Å². The summed E-state index contributed by atoms with van der Waals surface area (Å²) in [5.74, 6) is 1.58. The van der Waals surface area contributed by atoms with Crippen LogP contribution in [0.2, 0.25) is 0 Å². The Morgan fingerprint density at radius 1 is 0.405 bits per heavy atom. The summed E-state index contributed by atoms with van der Waals surface area (Å²) < 4.78 is 8.48. The second kappa shape index (κ2) is 10.0. The van der Waals surface area contributed by atoms with Gasteiger partial charge in [-0.3, -0.25) is 4.57 Å². The van der Waals surface area contributed by atoms with Crippen molar-refractivity contribution >= 4 is 21.9 Å². The molecule has 0 N–H and O–H groups in total. The maximum Gasteiger partial charge on any atom is 0.168 e. The predicted molar refractivity (Wildman–Crippen MR) is 170 cm³/mol. The van der Waals surface area contributed by atoms with E-state index in [4.69, 9.17) is 14.6 Å². The Labute approximate surface area is 243 Å². The molecule has 198 valence electrons. The highest BCUT2D eigenvalue weighted by atomic mass is 16.3. The second-order valence-electron chi connectivity index (χ2n) is 10.3. The third-order valence-corrected chi connectivity index (χ3v) is 7.78. The minimum atomic E-state index is 0.783. The van der Waals surface area contributed by atoms with Gasteiger partial charge in [-0.25, -0.2) is 0 Å². The number of furan rings is 1. The molecule has 6 aromatic carbocycles. The van der Waals surface area contributed by atoms with Gasteiger partial charge in [0, 0.05) is 33.0 Å². The van der Waals surface area contributed by atoms with E-state index in [1.54, 1.807) is 0 Å². The van der Waals surface area contributed by atoms with Crippen LogP contribution >= 0.6 is 0 Å². The minimum Gasteiger partial charge on any atom is -0.455 e. The molecular formula is C38H25N3O. The summed E-state index contributed by atoms with van der Waals surface area (Å²) in [5.41, 5.74) is 9.22. The number of benzene rings is 6. The Hall–Kier alpha value is -5.74. The summed E-state index contributed by atoms with van der Waals surface area (Å²) in [6, 6.07) is 52.2. The van der Waals surface area contributed by atoms with Crippen LogP contribution in [0.5, 0.6) is 0 Å². The van der Waals surface area contributed by atoms with E-state index in [0.29, 0.717) is 0 Å². The van der Waals surface area contributed by atoms with Gasteiger partial charge in [-0.1, -0.05) is 140 Å². The first-order chi connectivity index (χ1) is 20.8. The SMILES string of the molecule is c1ccc(-c2ccccc2-n2c(-c3ccccc3)nnc2-c2ccc(-c3cccc4c3oc3ccccc34)cc2)cc1. The molecule has 0 atom stereocenters. The molecule has 0 fully saturated rings.